The van der Waals surface area contributed by atoms with E-state index in [2.05, 4.69) is 10.5 Å². The first-order valence-electron chi connectivity index (χ1n) is 9.01. The van der Waals surface area contributed by atoms with Crippen LogP contribution in [-0.4, -0.2) is 36.7 Å². The Hall–Kier alpha value is -3.32. The molecule has 3 aromatic rings. The van der Waals surface area contributed by atoms with Gasteiger partial charge >= 0.3 is 0 Å². The molecule has 0 radical (unpaired) electrons. The molecule has 1 N–H and O–H groups in total. The van der Waals surface area contributed by atoms with Crippen LogP contribution in [0.4, 0.5) is 5.69 Å². The summed E-state index contributed by atoms with van der Waals surface area (Å²) < 4.78 is 11.0. The fraction of sp³-hybridized carbons (Fsp3) is 0.190. The van der Waals surface area contributed by atoms with E-state index < -0.39 is 11.9 Å². The van der Waals surface area contributed by atoms with Crippen molar-refractivity contribution in [2.75, 3.05) is 18.6 Å². The lowest BCUT2D eigenvalue weighted by atomic mass is 10.1. The molecular formula is C21H18ClN3O4. The van der Waals surface area contributed by atoms with E-state index in [4.69, 9.17) is 20.9 Å². The average molecular weight is 412 g/mol. The number of amides is 2. The molecule has 148 valence electrons. The van der Waals surface area contributed by atoms with Crippen molar-refractivity contribution in [1.82, 2.24) is 10.5 Å². The van der Waals surface area contributed by atoms with E-state index in [-0.39, 0.29) is 18.2 Å². The highest BCUT2D eigenvalue weighted by Gasteiger charge is 2.31. The maximum absolute atomic E-state index is 12.7. The third-order valence-electron chi connectivity index (χ3n) is 4.65. The Labute approximate surface area is 172 Å². The number of halogens is 1. The van der Waals surface area contributed by atoms with Crippen molar-refractivity contribution in [3.05, 3.63) is 76.6 Å². The fourth-order valence-electron chi connectivity index (χ4n) is 3.10. The lowest BCUT2D eigenvalue weighted by Gasteiger charge is -2.19. The van der Waals surface area contributed by atoms with Gasteiger partial charge in [-0.2, -0.15) is 0 Å². The molecular weight excluding hydrogens is 394 g/mol. The van der Waals surface area contributed by atoms with Gasteiger partial charge in [-0.3, -0.25) is 9.59 Å². The van der Waals surface area contributed by atoms with Crippen LogP contribution in [0.25, 0.3) is 0 Å². The van der Waals surface area contributed by atoms with Gasteiger partial charge in [0.05, 0.1) is 5.69 Å². The average Bonchev–Trinajstić information content (AvgIpc) is 3.16. The van der Waals surface area contributed by atoms with Gasteiger partial charge in [-0.15, -0.1) is 0 Å². The van der Waals surface area contributed by atoms with Crippen molar-refractivity contribution in [3.8, 4) is 5.75 Å². The summed E-state index contributed by atoms with van der Waals surface area (Å²) in [6, 6.07) is 15.3. The molecule has 8 heteroatoms. The second-order valence-electron chi connectivity index (χ2n) is 6.68. The standard InChI is InChI=1S/C21H18ClN3O4/c1-25-18-4-2-3-5-19(18)28-12-17(21(25)27)23-20(26)16-11-15(29-24-16)10-13-6-8-14(22)9-7-13/h2-9,11,17H,10,12H2,1H3,(H,23,26)/t17-/m0/s1. The number of nitrogens with zero attached hydrogens (tertiary/aromatic N) is 2. The van der Waals surface area contributed by atoms with Crippen molar-refractivity contribution >= 4 is 29.1 Å². The molecule has 4 rings (SSSR count). The van der Waals surface area contributed by atoms with E-state index in [9.17, 15) is 9.59 Å². The van der Waals surface area contributed by atoms with Crippen molar-refractivity contribution in [3.63, 3.8) is 0 Å². The lowest BCUT2D eigenvalue weighted by Crippen LogP contribution is -2.49. The Kier molecular flexibility index (Phi) is 5.22. The van der Waals surface area contributed by atoms with Crippen molar-refractivity contribution in [2.45, 2.75) is 12.5 Å². The highest BCUT2D eigenvalue weighted by atomic mass is 35.5. The van der Waals surface area contributed by atoms with Gasteiger partial charge in [0.1, 0.15) is 24.2 Å². The SMILES string of the molecule is CN1C(=O)[C@@H](NC(=O)c2cc(Cc3ccc(Cl)cc3)on2)COc2ccccc21. The summed E-state index contributed by atoms with van der Waals surface area (Å²) in [5, 5.41) is 7.15. The second kappa shape index (κ2) is 7.97. The zero-order valence-corrected chi connectivity index (χ0v) is 16.3. The summed E-state index contributed by atoms with van der Waals surface area (Å²) in [4.78, 5) is 26.8. The molecule has 2 heterocycles. The summed E-state index contributed by atoms with van der Waals surface area (Å²) in [7, 11) is 1.65. The Morgan fingerprint density at radius 2 is 2.00 bits per heavy atom. The van der Waals surface area contributed by atoms with E-state index in [1.54, 1.807) is 37.4 Å². The van der Waals surface area contributed by atoms with E-state index >= 15 is 0 Å². The van der Waals surface area contributed by atoms with Crippen LogP contribution in [0, 0.1) is 0 Å². The molecule has 7 nitrogen and oxygen atoms in total. The molecule has 0 saturated carbocycles. The van der Waals surface area contributed by atoms with Gasteiger partial charge in [0, 0.05) is 24.6 Å². The molecule has 0 saturated heterocycles. The largest absolute Gasteiger partial charge is 0.489 e. The Morgan fingerprint density at radius 3 is 2.79 bits per heavy atom. The number of ether oxygens (including phenoxy) is 1. The normalized spacial score (nSPS) is 16.0. The Balaban J connectivity index is 1.44. The highest BCUT2D eigenvalue weighted by Crippen LogP contribution is 2.29. The Morgan fingerprint density at radius 1 is 1.24 bits per heavy atom. The lowest BCUT2D eigenvalue weighted by molar-refractivity contribution is -0.120. The van der Waals surface area contributed by atoms with E-state index in [0.29, 0.717) is 28.6 Å². The van der Waals surface area contributed by atoms with Crippen LogP contribution in [0.3, 0.4) is 0 Å². The second-order valence-corrected chi connectivity index (χ2v) is 7.12. The molecule has 1 aliphatic heterocycles. The van der Waals surface area contributed by atoms with Crippen LogP contribution < -0.4 is 15.0 Å². The number of hydrogen-bond acceptors (Lipinski definition) is 5. The monoisotopic (exact) mass is 411 g/mol. The maximum atomic E-state index is 12.7. The number of carbonyl (C=O) groups is 2. The quantitative estimate of drug-likeness (QED) is 0.713. The predicted molar refractivity (Wildman–Crippen MR) is 107 cm³/mol. The van der Waals surface area contributed by atoms with Crippen LogP contribution in [0.2, 0.25) is 5.02 Å². The van der Waals surface area contributed by atoms with E-state index in [1.807, 2.05) is 24.3 Å². The molecule has 0 aliphatic carbocycles. The van der Waals surface area contributed by atoms with Crippen molar-refractivity contribution in [2.24, 2.45) is 0 Å². The third-order valence-corrected chi connectivity index (χ3v) is 4.90. The molecule has 2 aromatic carbocycles. The van der Waals surface area contributed by atoms with Crippen LogP contribution in [0.5, 0.6) is 5.75 Å². The smallest absolute Gasteiger partial charge is 0.274 e. The molecule has 0 fully saturated rings. The summed E-state index contributed by atoms with van der Waals surface area (Å²) in [5.41, 5.74) is 1.73. The van der Waals surface area contributed by atoms with Crippen LogP contribution in [0.1, 0.15) is 21.8 Å². The van der Waals surface area contributed by atoms with Crippen LogP contribution in [0.15, 0.2) is 59.1 Å². The molecule has 1 aromatic heterocycles. The van der Waals surface area contributed by atoms with E-state index in [1.165, 1.54) is 4.90 Å². The molecule has 2 amide bonds. The number of para-hydroxylation sites is 2. The predicted octanol–water partition coefficient (Wildman–Crippen LogP) is 3.07. The minimum atomic E-state index is -0.837. The summed E-state index contributed by atoms with van der Waals surface area (Å²) in [6.07, 6.45) is 0.473. The first-order valence-corrected chi connectivity index (χ1v) is 9.39. The molecule has 0 spiro atoms. The van der Waals surface area contributed by atoms with Crippen LogP contribution >= 0.6 is 11.6 Å². The minimum Gasteiger partial charge on any atom is -0.489 e. The van der Waals surface area contributed by atoms with Gasteiger partial charge in [0.2, 0.25) is 0 Å². The molecule has 1 atom stereocenters. The van der Waals surface area contributed by atoms with Gasteiger partial charge in [0.25, 0.3) is 11.8 Å². The first-order chi connectivity index (χ1) is 14.0. The number of nitrogens with one attached hydrogen (secondary N) is 1. The first kappa shape index (κ1) is 19.0. The van der Waals surface area contributed by atoms with Gasteiger partial charge in [0.15, 0.2) is 5.69 Å². The number of likely N-dealkylation sites (N-methyl/N-ethyl adjacent to an activating group) is 1. The topological polar surface area (TPSA) is 84.7 Å². The molecule has 0 unspecified atom stereocenters. The number of carbonyl (C=O) groups excluding carboxylic acids is 2. The zero-order chi connectivity index (χ0) is 20.4. The van der Waals surface area contributed by atoms with Gasteiger partial charge in [-0.1, -0.05) is 41.0 Å². The van der Waals surface area contributed by atoms with Crippen molar-refractivity contribution in [1.29, 1.82) is 0 Å². The van der Waals surface area contributed by atoms with Gasteiger partial charge < -0.3 is 19.5 Å². The van der Waals surface area contributed by atoms with E-state index in [0.717, 1.165) is 5.56 Å². The molecule has 29 heavy (non-hydrogen) atoms. The number of rotatable bonds is 4. The third kappa shape index (κ3) is 4.09. The maximum Gasteiger partial charge on any atom is 0.274 e. The summed E-state index contributed by atoms with van der Waals surface area (Å²) >= 11 is 5.89. The number of hydrogen-bond donors (Lipinski definition) is 1. The summed E-state index contributed by atoms with van der Waals surface area (Å²) in [5.74, 6) is 0.350. The van der Waals surface area contributed by atoms with Crippen molar-refractivity contribution < 1.29 is 18.8 Å². The number of fused-ring (bicyclic) bond motifs is 1. The molecule has 0 bridgehead atoms. The molecule has 1 aliphatic rings. The number of aromatic nitrogens is 1. The zero-order valence-electron chi connectivity index (χ0n) is 15.6. The minimum absolute atomic E-state index is 0.0292. The van der Waals surface area contributed by atoms with Gasteiger partial charge in [-0.25, -0.2) is 0 Å². The number of anilines is 1. The fourth-order valence-corrected chi connectivity index (χ4v) is 3.22. The van der Waals surface area contributed by atoms with Crippen LogP contribution in [-0.2, 0) is 11.2 Å². The highest BCUT2D eigenvalue weighted by molar-refractivity contribution is 6.30. The number of benzene rings is 2. The Bertz CT molecular complexity index is 1050. The summed E-state index contributed by atoms with van der Waals surface area (Å²) in [6.45, 7) is 0.0292. The van der Waals surface area contributed by atoms with Gasteiger partial charge in [-0.05, 0) is 29.8 Å².